The Hall–Kier alpha value is -2.47. The number of piperidine rings is 1. The van der Waals surface area contributed by atoms with E-state index in [2.05, 4.69) is 45.3 Å². The molecule has 0 bridgehead atoms. The lowest BCUT2D eigenvalue weighted by Crippen LogP contribution is -2.62. The van der Waals surface area contributed by atoms with Crippen molar-refractivity contribution in [2.45, 2.75) is 84.3 Å². The quantitative estimate of drug-likeness (QED) is 0.277. The van der Waals surface area contributed by atoms with Crippen LogP contribution in [0.25, 0.3) is 0 Å². The summed E-state index contributed by atoms with van der Waals surface area (Å²) in [6.45, 7) is 12.9. The number of nitrogens with one attached hydrogen (secondary N) is 4. The molecule has 1 saturated heterocycles. The number of nitrogens with zero attached hydrogens (tertiary/aromatic N) is 1. The van der Waals surface area contributed by atoms with Crippen molar-refractivity contribution in [3.05, 3.63) is 41.0 Å². The third-order valence-electron chi connectivity index (χ3n) is 5.98. The molecule has 1 aliphatic heterocycles. The van der Waals surface area contributed by atoms with E-state index in [1.54, 1.807) is 12.2 Å². The Morgan fingerprint density at radius 3 is 2.35 bits per heavy atom. The van der Waals surface area contributed by atoms with Gasteiger partial charge in [0.2, 0.25) is 6.41 Å². The standard InChI is InChI=1S/C25H39N5O/c1-8-9-18-13-20(17(2)12-22(18)28-16-31)21(26)10-11-23(27)30(7)19-14-24(3,4)29-25(5,6)15-19/h10-13,16,19,26-27,29H,8-9,14-15H2,1-7H3,(H,28,31)/b11-10-,26-21?,27-23?. The second kappa shape index (κ2) is 9.77. The van der Waals surface area contributed by atoms with Crippen LogP contribution < -0.4 is 10.6 Å². The van der Waals surface area contributed by atoms with Crippen LogP contribution >= 0.6 is 0 Å². The van der Waals surface area contributed by atoms with Crippen molar-refractivity contribution in [2.75, 3.05) is 12.4 Å². The monoisotopic (exact) mass is 425 g/mol. The van der Waals surface area contributed by atoms with Crippen molar-refractivity contribution < 1.29 is 4.79 Å². The molecule has 1 aliphatic rings. The Bertz CT molecular complexity index is 853. The second-order valence-electron chi connectivity index (χ2n) is 10.0. The number of anilines is 1. The minimum absolute atomic E-state index is 0.0153. The van der Waals surface area contributed by atoms with Crippen LogP contribution in [0.4, 0.5) is 5.69 Å². The molecule has 2 rings (SSSR count). The summed E-state index contributed by atoms with van der Waals surface area (Å²) < 4.78 is 0. The van der Waals surface area contributed by atoms with Crippen LogP contribution in [0.2, 0.25) is 0 Å². The third kappa shape index (κ3) is 6.50. The summed E-state index contributed by atoms with van der Waals surface area (Å²) in [5, 5.41) is 23.6. The van der Waals surface area contributed by atoms with E-state index < -0.39 is 0 Å². The van der Waals surface area contributed by atoms with Gasteiger partial charge in [-0.25, -0.2) is 0 Å². The van der Waals surface area contributed by atoms with E-state index in [4.69, 9.17) is 10.8 Å². The van der Waals surface area contributed by atoms with Gasteiger partial charge < -0.3 is 20.9 Å². The highest BCUT2D eigenvalue weighted by Crippen LogP contribution is 2.31. The van der Waals surface area contributed by atoms with Gasteiger partial charge in [-0.1, -0.05) is 13.3 Å². The Labute approximate surface area is 187 Å². The molecule has 1 amide bonds. The predicted molar refractivity (Wildman–Crippen MR) is 131 cm³/mol. The Kier molecular flexibility index (Phi) is 7.82. The summed E-state index contributed by atoms with van der Waals surface area (Å²) in [5.41, 5.74) is 3.99. The zero-order valence-corrected chi connectivity index (χ0v) is 20.1. The van der Waals surface area contributed by atoms with Gasteiger partial charge >= 0.3 is 0 Å². The highest BCUT2D eigenvalue weighted by atomic mass is 16.1. The molecular weight excluding hydrogens is 386 g/mol. The molecule has 0 spiro atoms. The van der Waals surface area contributed by atoms with Crippen LogP contribution in [0.1, 0.15) is 70.6 Å². The maximum absolute atomic E-state index is 10.9. The number of hydrogen-bond acceptors (Lipinski definition) is 4. The topological polar surface area (TPSA) is 92.1 Å². The van der Waals surface area contributed by atoms with Crippen LogP contribution in [-0.4, -0.2) is 47.0 Å². The summed E-state index contributed by atoms with van der Waals surface area (Å²) in [5.74, 6) is 0.411. The van der Waals surface area contributed by atoms with Gasteiger partial charge in [0, 0.05) is 35.4 Å². The summed E-state index contributed by atoms with van der Waals surface area (Å²) in [4.78, 5) is 12.9. The molecule has 1 fully saturated rings. The molecule has 6 nitrogen and oxygen atoms in total. The maximum Gasteiger partial charge on any atom is 0.211 e. The number of hydrogen-bond donors (Lipinski definition) is 4. The van der Waals surface area contributed by atoms with Gasteiger partial charge in [-0.2, -0.15) is 0 Å². The number of rotatable bonds is 8. The first-order valence-electron chi connectivity index (χ1n) is 11.1. The van der Waals surface area contributed by atoms with Crippen molar-refractivity contribution in [1.29, 1.82) is 10.8 Å². The van der Waals surface area contributed by atoms with Gasteiger partial charge in [-0.3, -0.25) is 10.2 Å². The Balaban J connectivity index is 2.17. The molecule has 4 N–H and O–H groups in total. The van der Waals surface area contributed by atoms with Crippen LogP contribution in [0.5, 0.6) is 0 Å². The molecule has 0 unspecified atom stereocenters. The van der Waals surface area contributed by atoms with Crippen LogP contribution in [0.15, 0.2) is 24.3 Å². The average molecular weight is 426 g/mol. The fourth-order valence-corrected chi connectivity index (χ4v) is 4.83. The van der Waals surface area contributed by atoms with Gasteiger partial charge in [0.1, 0.15) is 5.84 Å². The number of likely N-dealkylation sites (N-methyl/N-ethyl adjacent to an activating group) is 1. The Morgan fingerprint density at radius 1 is 1.19 bits per heavy atom. The van der Waals surface area contributed by atoms with E-state index in [9.17, 15) is 4.79 Å². The highest BCUT2D eigenvalue weighted by molar-refractivity contribution is 6.10. The van der Waals surface area contributed by atoms with E-state index >= 15 is 0 Å². The number of amides is 1. The first-order valence-corrected chi connectivity index (χ1v) is 11.1. The molecule has 0 atom stereocenters. The molecule has 1 aromatic carbocycles. The summed E-state index contributed by atoms with van der Waals surface area (Å²) in [6, 6.07) is 4.18. The molecule has 1 aromatic rings. The molecular formula is C25H39N5O. The van der Waals surface area contributed by atoms with E-state index in [0.717, 1.165) is 48.1 Å². The fourth-order valence-electron chi connectivity index (χ4n) is 4.83. The molecule has 0 aliphatic carbocycles. The summed E-state index contributed by atoms with van der Waals surface area (Å²) in [6.07, 6.45) is 7.84. The lowest BCUT2D eigenvalue weighted by Gasteiger charge is -2.49. The molecule has 170 valence electrons. The zero-order chi connectivity index (χ0) is 23.4. The number of aryl methyl sites for hydroxylation is 2. The van der Waals surface area contributed by atoms with Crippen molar-refractivity contribution in [3.8, 4) is 0 Å². The smallest absolute Gasteiger partial charge is 0.211 e. The highest BCUT2D eigenvalue weighted by Gasteiger charge is 2.39. The third-order valence-corrected chi connectivity index (χ3v) is 5.98. The van der Waals surface area contributed by atoms with Gasteiger partial charge in [0.05, 0.1) is 5.71 Å². The van der Waals surface area contributed by atoms with E-state index in [1.165, 1.54) is 0 Å². The fraction of sp³-hybridized carbons (Fsp3) is 0.560. The lowest BCUT2D eigenvalue weighted by atomic mass is 9.79. The van der Waals surface area contributed by atoms with Crippen LogP contribution in [0, 0.1) is 17.7 Å². The number of carbonyl (C=O) groups excluding carboxylic acids is 1. The number of carbonyl (C=O) groups is 1. The Morgan fingerprint density at radius 2 is 1.81 bits per heavy atom. The summed E-state index contributed by atoms with van der Waals surface area (Å²) >= 11 is 0. The van der Waals surface area contributed by atoms with Gasteiger partial charge in [0.15, 0.2) is 0 Å². The minimum Gasteiger partial charge on any atom is -0.357 e. The predicted octanol–water partition coefficient (Wildman–Crippen LogP) is 4.66. The average Bonchev–Trinajstić information content (AvgIpc) is 2.65. The van der Waals surface area contributed by atoms with Crippen molar-refractivity contribution in [2.24, 2.45) is 0 Å². The largest absolute Gasteiger partial charge is 0.357 e. The molecule has 0 aromatic heterocycles. The van der Waals surface area contributed by atoms with Crippen LogP contribution in [0.3, 0.4) is 0 Å². The van der Waals surface area contributed by atoms with Crippen LogP contribution in [-0.2, 0) is 11.2 Å². The zero-order valence-electron chi connectivity index (χ0n) is 20.1. The molecule has 0 saturated carbocycles. The SMILES string of the molecule is CCCc1cc(C(=N)/C=C\C(=N)N(C)C2CC(C)(C)NC(C)(C)C2)c(C)cc1NC=O. The molecule has 6 heteroatoms. The molecule has 0 radical (unpaired) electrons. The maximum atomic E-state index is 10.9. The van der Waals surface area contributed by atoms with E-state index in [0.29, 0.717) is 18.0 Å². The summed E-state index contributed by atoms with van der Waals surface area (Å²) in [7, 11) is 1.98. The lowest BCUT2D eigenvalue weighted by molar-refractivity contribution is -0.105. The normalized spacial score (nSPS) is 18.0. The first-order chi connectivity index (χ1) is 14.4. The van der Waals surface area contributed by atoms with E-state index in [1.807, 2.05) is 31.0 Å². The number of allylic oxidation sites excluding steroid dienone is 1. The van der Waals surface area contributed by atoms with E-state index in [-0.39, 0.29) is 17.1 Å². The second-order valence-corrected chi connectivity index (χ2v) is 10.0. The number of benzene rings is 1. The van der Waals surface area contributed by atoms with Crippen molar-refractivity contribution in [1.82, 2.24) is 10.2 Å². The minimum atomic E-state index is 0.0153. The van der Waals surface area contributed by atoms with Gasteiger partial charge in [-0.15, -0.1) is 0 Å². The molecule has 31 heavy (non-hydrogen) atoms. The van der Waals surface area contributed by atoms with Crippen molar-refractivity contribution >= 4 is 23.6 Å². The van der Waals surface area contributed by atoms with Gasteiger partial charge in [-0.05, 0) is 89.3 Å². The first kappa shape index (κ1) is 24.8. The van der Waals surface area contributed by atoms with Crippen molar-refractivity contribution in [3.63, 3.8) is 0 Å². The number of amidine groups is 1. The molecule has 1 heterocycles. The van der Waals surface area contributed by atoms with Gasteiger partial charge in [0.25, 0.3) is 0 Å².